The predicted molar refractivity (Wildman–Crippen MR) is 102 cm³/mol. The SMILES string of the molecule is Cn1nc(-c2ccc(F)cc2)cc1C(=O)N1CCC(Oc2cccnc2)CC1. The number of halogens is 1. The first-order valence-corrected chi connectivity index (χ1v) is 9.26. The molecule has 1 aliphatic heterocycles. The molecule has 4 rings (SSSR count). The van der Waals surface area contributed by atoms with E-state index in [-0.39, 0.29) is 17.8 Å². The summed E-state index contributed by atoms with van der Waals surface area (Å²) in [5.74, 6) is 0.401. The van der Waals surface area contributed by atoms with E-state index in [1.165, 1.54) is 12.1 Å². The lowest BCUT2D eigenvalue weighted by atomic mass is 10.1. The number of rotatable bonds is 4. The highest BCUT2D eigenvalue weighted by atomic mass is 19.1. The van der Waals surface area contributed by atoms with E-state index >= 15 is 0 Å². The van der Waals surface area contributed by atoms with E-state index in [4.69, 9.17) is 4.74 Å². The minimum atomic E-state index is -0.299. The summed E-state index contributed by atoms with van der Waals surface area (Å²) in [4.78, 5) is 18.8. The number of piperidine rings is 1. The van der Waals surface area contributed by atoms with Crippen LogP contribution in [0.3, 0.4) is 0 Å². The van der Waals surface area contributed by atoms with Gasteiger partial charge in [-0.05, 0) is 42.5 Å². The Morgan fingerprint density at radius 2 is 1.93 bits per heavy atom. The maximum atomic E-state index is 13.1. The Morgan fingerprint density at radius 1 is 1.18 bits per heavy atom. The van der Waals surface area contributed by atoms with Crippen LogP contribution in [0.5, 0.6) is 5.75 Å². The first-order valence-electron chi connectivity index (χ1n) is 9.26. The van der Waals surface area contributed by atoms with Crippen LogP contribution in [0.15, 0.2) is 54.9 Å². The van der Waals surface area contributed by atoms with E-state index in [0.717, 1.165) is 24.2 Å². The van der Waals surface area contributed by atoms with E-state index in [1.54, 1.807) is 42.3 Å². The molecule has 1 amide bonds. The van der Waals surface area contributed by atoms with Crippen LogP contribution in [0.2, 0.25) is 0 Å². The molecule has 0 saturated carbocycles. The first kappa shape index (κ1) is 18.2. The number of nitrogens with zero attached hydrogens (tertiary/aromatic N) is 4. The van der Waals surface area contributed by atoms with Crippen LogP contribution < -0.4 is 4.74 Å². The van der Waals surface area contributed by atoms with Crippen molar-refractivity contribution in [3.8, 4) is 17.0 Å². The summed E-state index contributed by atoms with van der Waals surface area (Å²) >= 11 is 0. The second-order valence-corrected chi connectivity index (χ2v) is 6.84. The molecule has 144 valence electrons. The molecule has 0 atom stereocenters. The quantitative estimate of drug-likeness (QED) is 0.697. The van der Waals surface area contributed by atoms with Gasteiger partial charge in [-0.25, -0.2) is 4.39 Å². The topological polar surface area (TPSA) is 60.2 Å². The summed E-state index contributed by atoms with van der Waals surface area (Å²) in [5.41, 5.74) is 1.95. The Balaban J connectivity index is 1.41. The fourth-order valence-corrected chi connectivity index (χ4v) is 3.38. The zero-order chi connectivity index (χ0) is 19.5. The average Bonchev–Trinajstić information content (AvgIpc) is 3.11. The highest BCUT2D eigenvalue weighted by Gasteiger charge is 2.27. The van der Waals surface area contributed by atoms with E-state index in [9.17, 15) is 9.18 Å². The van der Waals surface area contributed by atoms with Gasteiger partial charge in [0, 0.05) is 44.7 Å². The monoisotopic (exact) mass is 380 g/mol. The molecule has 0 radical (unpaired) electrons. The van der Waals surface area contributed by atoms with Crippen LogP contribution in [0.25, 0.3) is 11.3 Å². The molecule has 0 spiro atoms. The van der Waals surface area contributed by atoms with E-state index in [2.05, 4.69) is 10.1 Å². The molecule has 0 N–H and O–H groups in total. The summed E-state index contributed by atoms with van der Waals surface area (Å²) < 4.78 is 20.6. The second-order valence-electron chi connectivity index (χ2n) is 6.84. The van der Waals surface area contributed by atoms with Crippen LogP contribution >= 0.6 is 0 Å². The fourth-order valence-electron chi connectivity index (χ4n) is 3.38. The summed E-state index contributed by atoms with van der Waals surface area (Å²) in [6.07, 6.45) is 5.02. The summed E-state index contributed by atoms with van der Waals surface area (Å²) in [6, 6.07) is 11.6. The Hall–Kier alpha value is -3.22. The van der Waals surface area contributed by atoms with Gasteiger partial charge in [0.1, 0.15) is 23.4 Å². The summed E-state index contributed by atoms with van der Waals surface area (Å²) in [7, 11) is 1.75. The van der Waals surface area contributed by atoms with E-state index in [1.807, 2.05) is 17.0 Å². The lowest BCUT2D eigenvalue weighted by Crippen LogP contribution is -2.42. The molecule has 6 nitrogen and oxygen atoms in total. The van der Waals surface area contributed by atoms with Crippen molar-refractivity contribution in [1.29, 1.82) is 0 Å². The zero-order valence-electron chi connectivity index (χ0n) is 15.6. The number of aryl methyl sites for hydroxylation is 1. The second kappa shape index (κ2) is 7.80. The molecule has 2 aromatic heterocycles. The molecule has 1 fully saturated rings. The number of likely N-dealkylation sites (tertiary alicyclic amines) is 1. The van der Waals surface area contributed by atoms with Gasteiger partial charge in [0.2, 0.25) is 0 Å². The van der Waals surface area contributed by atoms with Crippen LogP contribution in [0.1, 0.15) is 23.3 Å². The number of ether oxygens (including phenoxy) is 1. The molecule has 1 saturated heterocycles. The fraction of sp³-hybridized carbons (Fsp3) is 0.286. The summed E-state index contributed by atoms with van der Waals surface area (Å²) in [5, 5.41) is 4.41. The normalized spacial score (nSPS) is 14.9. The minimum Gasteiger partial charge on any atom is -0.489 e. The van der Waals surface area contributed by atoms with Gasteiger partial charge < -0.3 is 9.64 Å². The van der Waals surface area contributed by atoms with Gasteiger partial charge in [0.25, 0.3) is 5.91 Å². The van der Waals surface area contributed by atoms with Crippen molar-refractivity contribution < 1.29 is 13.9 Å². The third-order valence-corrected chi connectivity index (χ3v) is 4.91. The summed E-state index contributed by atoms with van der Waals surface area (Å²) in [6.45, 7) is 1.25. The van der Waals surface area contributed by atoms with Gasteiger partial charge in [0.05, 0.1) is 11.9 Å². The lowest BCUT2D eigenvalue weighted by Gasteiger charge is -2.32. The van der Waals surface area contributed by atoms with Crippen LogP contribution in [0.4, 0.5) is 4.39 Å². The maximum absolute atomic E-state index is 13.1. The Labute approximate surface area is 162 Å². The Bertz CT molecular complexity index is 948. The van der Waals surface area contributed by atoms with Gasteiger partial charge in [0.15, 0.2) is 0 Å². The third kappa shape index (κ3) is 3.88. The number of pyridine rings is 1. The molecule has 3 aromatic rings. The average molecular weight is 380 g/mol. The predicted octanol–water partition coefficient (Wildman–Crippen LogP) is 3.30. The van der Waals surface area contributed by atoms with Crippen molar-refractivity contribution in [2.75, 3.05) is 13.1 Å². The Morgan fingerprint density at radius 3 is 2.61 bits per heavy atom. The maximum Gasteiger partial charge on any atom is 0.272 e. The standard InChI is InChI=1S/C21H21FN4O2/c1-25-20(13-19(24-25)15-4-6-16(22)7-5-15)21(27)26-11-8-17(9-12-26)28-18-3-2-10-23-14-18/h2-7,10,13-14,17H,8-9,11-12H2,1H3. The van der Waals surface area contributed by atoms with Gasteiger partial charge in [-0.2, -0.15) is 5.10 Å². The number of hydrogen-bond acceptors (Lipinski definition) is 4. The minimum absolute atomic E-state index is 0.0526. The molecular weight excluding hydrogens is 359 g/mol. The van der Waals surface area contributed by atoms with Crippen LogP contribution in [-0.4, -0.2) is 44.8 Å². The van der Waals surface area contributed by atoms with Crippen molar-refractivity contribution >= 4 is 5.91 Å². The highest BCUT2D eigenvalue weighted by Crippen LogP contribution is 2.22. The largest absolute Gasteiger partial charge is 0.489 e. The lowest BCUT2D eigenvalue weighted by molar-refractivity contribution is 0.0585. The van der Waals surface area contributed by atoms with Crippen molar-refractivity contribution in [1.82, 2.24) is 19.7 Å². The van der Waals surface area contributed by atoms with Crippen molar-refractivity contribution in [3.05, 3.63) is 66.4 Å². The van der Waals surface area contributed by atoms with Gasteiger partial charge in [-0.15, -0.1) is 0 Å². The van der Waals surface area contributed by atoms with Crippen molar-refractivity contribution in [2.24, 2.45) is 7.05 Å². The number of carbonyl (C=O) groups excluding carboxylic acids is 1. The number of hydrogen-bond donors (Lipinski definition) is 0. The first-order chi connectivity index (χ1) is 13.6. The number of amides is 1. The van der Waals surface area contributed by atoms with Gasteiger partial charge >= 0.3 is 0 Å². The molecule has 0 unspecified atom stereocenters. The molecule has 1 aliphatic rings. The molecule has 3 heterocycles. The van der Waals surface area contributed by atoms with Crippen molar-refractivity contribution in [2.45, 2.75) is 18.9 Å². The molecule has 0 bridgehead atoms. The third-order valence-electron chi connectivity index (χ3n) is 4.91. The molecular formula is C21H21FN4O2. The molecule has 1 aromatic carbocycles. The number of aromatic nitrogens is 3. The number of benzene rings is 1. The molecule has 7 heteroatoms. The zero-order valence-corrected chi connectivity index (χ0v) is 15.6. The van der Waals surface area contributed by atoms with Crippen LogP contribution in [0, 0.1) is 5.82 Å². The van der Waals surface area contributed by atoms with Crippen LogP contribution in [-0.2, 0) is 7.05 Å². The van der Waals surface area contributed by atoms with Crippen molar-refractivity contribution in [3.63, 3.8) is 0 Å². The van der Waals surface area contributed by atoms with Gasteiger partial charge in [-0.1, -0.05) is 0 Å². The Kier molecular flexibility index (Phi) is 5.06. The molecule has 0 aliphatic carbocycles. The number of carbonyl (C=O) groups is 1. The molecule has 28 heavy (non-hydrogen) atoms. The van der Waals surface area contributed by atoms with E-state index < -0.39 is 0 Å². The smallest absolute Gasteiger partial charge is 0.272 e. The van der Waals surface area contributed by atoms with Gasteiger partial charge in [-0.3, -0.25) is 14.5 Å². The van der Waals surface area contributed by atoms with E-state index in [0.29, 0.717) is 24.5 Å². The highest BCUT2D eigenvalue weighted by molar-refractivity contribution is 5.93.